The number of aromatic nitrogens is 1. The number of halogens is 4. The van der Waals surface area contributed by atoms with Crippen molar-refractivity contribution in [1.82, 2.24) is 4.98 Å². The maximum absolute atomic E-state index is 12.9. The number of ether oxygens (including phenoxy) is 1. The van der Waals surface area contributed by atoms with Crippen molar-refractivity contribution in [1.29, 1.82) is 0 Å². The first-order valence-corrected chi connectivity index (χ1v) is 9.85. The van der Waals surface area contributed by atoms with Gasteiger partial charge in [0.1, 0.15) is 5.75 Å². The highest BCUT2D eigenvalue weighted by atomic mass is 35.5. The molecule has 1 aromatic heterocycles. The van der Waals surface area contributed by atoms with Crippen molar-refractivity contribution in [2.24, 2.45) is 0 Å². The van der Waals surface area contributed by atoms with E-state index in [1.807, 2.05) is 0 Å². The Morgan fingerprint density at radius 3 is 2.79 bits per heavy atom. The van der Waals surface area contributed by atoms with Crippen molar-refractivity contribution < 1.29 is 27.8 Å². The van der Waals surface area contributed by atoms with E-state index in [1.165, 1.54) is 12.1 Å². The van der Waals surface area contributed by atoms with Gasteiger partial charge >= 0.3 is 6.18 Å². The molecular weight excluding hydrogens is 429 g/mol. The Hall–Kier alpha value is -2.36. The average Bonchev–Trinajstić information content (AvgIpc) is 3.30. The van der Waals surface area contributed by atoms with Crippen LogP contribution in [0, 0.1) is 0 Å². The summed E-state index contributed by atoms with van der Waals surface area (Å²) < 4.78 is 44.4. The quantitative estimate of drug-likeness (QED) is 0.539. The number of alkyl halides is 3. The van der Waals surface area contributed by atoms with E-state index < -0.39 is 17.6 Å². The topological polar surface area (TPSA) is 71.5 Å². The lowest BCUT2D eigenvalue weighted by molar-refractivity contribution is -0.137. The molecule has 3 aromatic rings. The third kappa shape index (κ3) is 4.03. The van der Waals surface area contributed by atoms with Gasteiger partial charge in [0.25, 0.3) is 5.91 Å². The van der Waals surface area contributed by atoms with E-state index in [0.717, 1.165) is 29.9 Å². The standard InChI is InChI=1S/C19H14ClF3N2O3S/c20-10-7-11(14-2-1-5-28-14)16(26)12(8-10)17(27)25-18-24-13-4-3-9(19(21,22)23)6-15(13)29-18/h3-4,6-8,14,26H,1-2,5H2,(H,24,25,27). The number of hydrogen-bond acceptors (Lipinski definition) is 5. The summed E-state index contributed by atoms with van der Waals surface area (Å²) in [4.78, 5) is 16.8. The SMILES string of the molecule is O=C(Nc1nc2ccc(C(F)(F)F)cc2s1)c1cc(Cl)cc(C2CCCO2)c1O. The lowest BCUT2D eigenvalue weighted by atomic mass is 10.0. The van der Waals surface area contributed by atoms with Crippen molar-refractivity contribution in [3.63, 3.8) is 0 Å². The molecule has 2 heterocycles. The minimum Gasteiger partial charge on any atom is -0.507 e. The van der Waals surface area contributed by atoms with Gasteiger partial charge in [-0.3, -0.25) is 10.1 Å². The van der Waals surface area contributed by atoms with Crippen molar-refractivity contribution in [2.75, 3.05) is 11.9 Å². The highest BCUT2D eigenvalue weighted by Gasteiger charge is 2.31. The minimum absolute atomic E-state index is 0.0572. The maximum atomic E-state index is 12.9. The van der Waals surface area contributed by atoms with E-state index in [0.29, 0.717) is 24.1 Å². The fraction of sp³-hybridized carbons (Fsp3) is 0.263. The van der Waals surface area contributed by atoms with Crippen molar-refractivity contribution >= 4 is 44.2 Å². The molecule has 2 aromatic carbocycles. The highest BCUT2D eigenvalue weighted by molar-refractivity contribution is 7.22. The van der Waals surface area contributed by atoms with E-state index in [9.17, 15) is 23.1 Å². The number of amides is 1. The fourth-order valence-electron chi connectivity index (χ4n) is 3.18. The maximum Gasteiger partial charge on any atom is 0.416 e. The zero-order valence-electron chi connectivity index (χ0n) is 14.7. The molecule has 4 rings (SSSR count). The number of rotatable bonds is 3. The van der Waals surface area contributed by atoms with E-state index in [4.69, 9.17) is 16.3 Å². The van der Waals surface area contributed by atoms with Crippen LogP contribution < -0.4 is 5.32 Å². The number of carbonyl (C=O) groups is 1. The number of phenols is 1. The van der Waals surface area contributed by atoms with Gasteiger partial charge in [0.2, 0.25) is 0 Å². The summed E-state index contributed by atoms with van der Waals surface area (Å²) in [6, 6.07) is 6.04. The summed E-state index contributed by atoms with van der Waals surface area (Å²) in [6.45, 7) is 0.559. The molecule has 152 valence electrons. The number of hydrogen-bond donors (Lipinski definition) is 2. The second kappa shape index (κ2) is 7.47. The normalized spacial score (nSPS) is 17.0. The third-order valence-electron chi connectivity index (χ3n) is 4.56. The van der Waals surface area contributed by atoms with Crippen LogP contribution in [0.5, 0.6) is 5.75 Å². The lowest BCUT2D eigenvalue weighted by Gasteiger charge is -2.15. The van der Waals surface area contributed by atoms with Crippen LogP contribution in [0.25, 0.3) is 10.2 Å². The Bertz CT molecular complexity index is 1090. The number of nitrogens with one attached hydrogen (secondary N) is 1. The summed E-state index contributed by atoms with van der Waals surface area (Å²) in [6.07, 6.45) is -3.27. The minimum atomic E-state index is -4.47. The Morgan fingerprint density at radius 1 is 1.31 bits per heavy atom. The number of benzene rings is 2. The van der Waals surface area contributed by atoms with Crippen LogP contribution >= 0.6 is 22.9 Å². The molecule has 2 N–H and O–H groups in total. The summed E-state index contributed by atoms with van der Waals surface area (Å²) in [7, 11) is 0. The molecule has 1 amide bonds. The summed E-state index contributed by atoms with van der Waals surface area (Å²) in [5.41, 5.74) is -0.0913. The Labute approximate surface area is 172 Å². The van der Waals surface area contributed by atoms with Crippen molar-refractivity contribution in [2.45, 2.75) is 25.1 Å². The molecule has 1 saturated heterocycles. The number of anilines is 1. The number of carbonyl (C=O) groups excluding carboxylic acids is 1. The van der Waals surface area contributed by atoms with Crippen molar-refractivity contribution in [3.05, 3.63) is 52.0 Å². The van der Waals surface area contributed by atoms with Crippen molar-refractivity contribution in [3.8, 4) is 5.75 Å². The molecule has 10 heteroatoms. The molecular formula is C19H14ClF3N2O3S. The average molecular weight is 443 g/mol. The van der Waals surface area contributed by atoms with Crippen LogP contribution in [0.4, 0.5) is 18.3 Å². The predicted molar refractivity (Wildman–Crippen MR) is 104 cm³/mol. The lowest BCUT2D eigenvalue weighted by Crippen LogP contribution is -2.13. The molecule has 1 aliphatic rings. The summed E-state index contributed by atoms with van der Waals surface area (Å²) in [5, 5.41) is 13.4. The van der Waals surface area contributed by atoms with Gasteiger partial charge in [-0.05, 0) is 43.2 Å². The molecule has 1 unspecified atom stereocenters. The van der Waals surface area contributed by atoms with Gasteiger partial charge in [-0.1, -0.05) is 22.9 Å². The summed E-state index contributed by atoms with van der Waals surface area (Å²) in [5.74, 6) is -0.904. The zero-order valence-corrected chi connectivity index (χ0v) is 16.3. The van der Waals surface area contributed by atoms with Gasteiger partial charge in [-0.2, -0.15) is 13.2 Å². The number of fused-ring (bicyclic) bond motifs is 1. The first-order chi connectivity index (χ1) is 13.7. The van der Waals surface area contributed by atoms with E-state index in [2.05, 4.69) is 10.3 Å². The molecule has 0 saturated carbocycles. The van der Waals surface area contributed by atoms with Crippen LogP contribution in [0.15, 0.2) is 30.3 Å². The molecule has 5 nitrogen and oxygen atoms in total. The number of phenolic OH excluding ortho intramolecular Hbond substituents is 1. The highest BCUT2D eigenvalue weighted by Crippen LogP contribution is 2.39. The van der Waals surface area contributed by atoms with Gasteiger partial charge in [0.05, 0.1) is 27.4 Å². The molecule has 0 spiro atoms. The van der Waals surface area contributed by atoms with Gasteiger partial charge in [0, 0.05) is 17.2 Å². The van der Waals surface area contributed by atoms with Gasteiger partial charge in [0.15, 0.2) is 5.13 Å². The number of thiazole rings is 1. The van der Waals surface area contributed by atoms with Crippen LogP contribution in [-0.4, -0.2) is 22.6 Å². The smallest absolute Gasteiger partial charge is 0.416 e. The number of nitrogens with zero attached hydrogens (tertiary/aromatic N) is 1. The molecule has 0 aliphatic carbocycles. The second-order valence-corrected chi connectivity index (χ2v) is 8.01. The molecule has 1 atom stereocenters. The first kappa shape index (κ1) is 19.9. The monoisotopic (exact) mass is 442 g/mol. The number of aromatic hydroxyl groups is 1. The molecule has 0 radical (unpaired) electrons. The molecule has 1 fully saturated rings. The Morgan fingerprint density at radius 2 is 2.10 bits per heavy atom. The van der Waals surface area contributed by atoms with Crippen LogP contribution in [-0.2, 0) is 10.9 Å². The van der Waals surface area contributed by atoms with Crippen LogP contribution in [0.1, 0.15) is 40.4 Å². The second-order valence-electron chi connectivity index (χ2n) is 6.55. The predicted octanol–water partition coefficient (Wildman–Crippen LogP) is 5.78. The molecule has 1 aliphatic heterocycles. The zero-order chi connectivity index (χ0) is 20.8. The van der Waals surface area contributed by atoms with E-state index in [1.54, 1.807) is 6.07 Å². The van der Waals surface area contributed by atoms with Crippen LogP contribution in [0.3, 0.4) is 0 Å². The van der Waals surface area contributed by atoms with Crippen LogP contribution in [0.2, 0.25) is 5.02 Å². The Balaban J connectivity index is 1.62. The molecule has 29 heavy (non-hydrogen) atoms. The van der Waals surface area contributed by atoms with Gasteiger partial charge in [-0.25, -0.2) is 4.98 Å². The van der Waals surface area contributed by atoms with E-state index >= 15 is 0 Å². The first-order valence-electron chi connectivity index (χ1n) is 8.65. The molecule has 0 bridgehead atoms. The third-order valence-corrected chi connectivity index (χ3v) is 5.71. The summed E-state index contributed by atoms with van der Waals surface area (Å²) >= 11 is 7.01. The Kier molecular flexibility index (Phi) is 5.14. The largest absolute Gasteiger partial charge is 0.507 e. The van der Waals surface area contributed by atoms with Gasteiger partial charge < -0.3 is 9.84 Å². The fourth-order valence-corrected chi connectivity index (χ4v) is 4.31. The van der Waals surface area contributed by atoms with Gasteiger partial charge in [-0.15, -0.1) is 0 Å². The van der Waals surface area contributed by atoms with E-state index in [-0.39, 0.29) is 32.3 Å².